The minimum atomic E-state index is -0.149. The molecule has 0 atom stereocenters. The third-order valence-electron chi connectivity index (χ3n) is 3.88. The van der Waals surface area contributed by atoms with Crippen molar-refractivity contribution in [2.75, 3.05) is 19.6 Å². The maximum absolute atomic E-state index is 12.9. The predicted molar refractivity (Wildman–Crippen MR) is 81.1 cm³/mol. The summed E-state index contributed by atoms with van der Waals surface area (Å²) in [6, 6.07) is 6.96. The summed E-state index contributed by atoms with van der Waals surface area (Å²) in [6.45, 7) is 12.1. The quantitative estimate of drug-likeness (QED) is 0.768. The van der Waals surface area contributed by atoms with Gasteiger partial charge in [-0.05, 0) is 62.0 Å². The average Bonchev–Trinajstić information content (AvgIpc) is 2.93. The van der Waals surface area contributed by atoms with Crippen LogP contribution < -0.4 is 0 Å². The van der Waals surface area contributed by atoms with Crippen LogP contribution >= 0.6 is 0 Å². The van der Waals surface area contributed by atoms with Gasteiger partial charge in [0.2, 0.25) is 0 Å². The normalized spacial score (nSPS) is 16.1. The maximum atomic E-state index is 12.9. The smallest absolute Gasteiger partial charge is 0.123 e. The average molecular weight is 265 g/mol. The van der Waals surface area contributed by atoms with Gasteiger partial charge in [0.25, 0.3) is 0 Å². The summed E-state index contributed by atoms with van der Waals surface area (Å²) < 4.78 is 12.9. The molecule has 2 heteroatoms. The summed E-state index contributed by atoms with van der Waals surface area (Å²) >= 11 is 0. The van der Waals surface area contributed by atoms with E-state index in [0.29, 0.717) is 0 Å². The van der Waals surface area contributed by atoms with Crippen LogP contribution in [0.25, 0.3) is 0 Å². The number of hydrogen-bond donors (Lipinski definition) is 0. The molecule has 0 aliphatic carbocycles. The first kappa shape index (κ1) is 16.2. The van der Waals surface area contributed by atoms with Crippen molar-refractivity contribution in [1.82, 2.24) is 4.90 Å². The Morgan fingerprint density at radius 2 is 1.58 bits per heavy atom. The second-order valence-corrected chi connectivity index (χ2v) is 5.69. The molecule has 0 amide bonds. The Labute approximate surface area is 117 Å². The molecule has 0 aromatic heterocycles. The number of hydrogen-bond acceptors (Lipinski definition) is 1. The number of halogens is 1. The summed E-state index contributed by atoms with van der Waals surface area (Å²) in [7, 11) is 0. The second kappa shape index (κ2) is 7.64. The van der Waals surface area contributed by atoms with E-state index in [1.165, 1.54) is 31.5 Å². The Balaban J connectivity index is 0.000000861. The number of nitrogens with zero attached hydrogens (tertiary/aromatic N) is 1. The summed E-state index contributed by atoms with van der Waals surface area (Å²) in [6.07, 6.45) is 3.83. The molecule has 2 rings (SSSR count). The highest BCUT2D eigenvalue weighted by molar-refractivity contribution is 5.24. The van der Waals surface area contributed by atoms with Crippen LogP contribution in [-0.4, -0.2) is 24.5 Å². The Morgan fingerprint density at radius 3 is 2.11 bits per heavy atom. The molecule has 1 aliphatic rings. The van der Waals surface area contributed by atoms with Crippen LogP contribution in [0.4, 0.5) is 4.39 Å². The van der Waals surface area contributed by atoms with E-state index in [-0.39, 0.29) is 11.2 Å². The number of likely N-dealkylation sites (tertiary alicyclic amines) is 1. The molecular formula is C17H28FN. The first-order valence-electron chi connectivity index (χ1n) is 7.56. The first-order valence-corrected chi connectivity index (χ1v) is 7.56. The van der Waals surface area contributed by atoms with Crippen LogP contribution in [-0.2, 0) is 5.41 Å². The Morgan fingerprint density at radius 1 is 1.05 bits per heavy atom. The lowest BCUT2D eigenvalue weighted by atomic mass is 9.81. The Hall–Kier alpha value is -0.890. The molecule has 19 heavy (non-hydrogen) atoms. The standard InChI is InChI=1S/C15H22FN.C2H6/c1-15(2,9-12-17-10-3-4-11-17)13-5-7-14(16)8-6-13;1-2/h5-8H,3-4,9-12H2,1-2H3;1-2H3. The van der Waals surface area contributed by atoms with Gasteiger partial charge in [-0.15, -0.1) is 0 Å². The van der Waals surface area contributed by atoms with Crippen molar-refractivity contribution in [1.29, 1.82) is 0 Å². The van der Waals surface area contributed by atoms with Gasteiger partial charge in [0.15, 0.2) is 0 Å². The molecule has 1 heterocycles. The van der Waals surface area contributed by atoms with Crippen LogP contribution in [0.2, 0.25) is 0 Å². The zero-order chi connectivity index (χ0) is 14.3. The number of benzene rings is 1. The van der Waals surface area contributed by atoms with Crippen molar-refractivity contribution in [2.45, 2.75) is 52.4 Å². The molecule has 0 radical (unpaired) electrons. The fourth-order valence-electron chi connectivity index (χ4n) is 2.49. The van der Waals surface area contributed by atoms with Gasteiger partial charge in [0.1, 0.15) is 5.82 Å². The van der Waals surface area contributed by atoms with Gasteiger partial charge >= 0.3 is 0 Å². The van der Waals surface area contributed by atoms with Gasteiger partial charge in [-0.2, -0.15) is 0 Å². The molecule has 0 unspecified atom stereocenters. The van der Waals surface area contributed by atoms with Crippen molar-refractivity contribution in [3.63, 3.8) is 0 Å². The zero-order valence-electron chi connectivity index (χ0n) is 12.9. The van der Waals surface area contributed by atoms with Crippen molar-refractivity contribution in [3.8, 4) is 0 Å². The minimum absolute atomic E-state index is 0.135. The molecule has 1 nitrogen and oxygen atoms in total. The van der Waals surface area contributed by atoms with Gasteiger partial charge < -0.3 is 4.90 Å². The first-order chi connectivity index (χ1) is 9.08. The topological polar surface area (TPSA) is 3.24 Å². The summed E-state index contributed by atoms with van der Waals surface area (Å²) in [5.74, 6) is -0.149. The van der Waals surface area contributed by atoms with Crippen LogP contribution in [0.15, 0.2) is 24.3 Å². The highest BCUT2D eigenvalue weighted by Crippen LogP contribution is 2.27. The van der Waals surface area contributed by atoms with Crippen LogP contribution in [0.5, 0.6) is 0 Å². The summed E-state index contributed by atoms with van der Waals surface area (Å²) in [4.78, 5) is 2.53. The van der Waals surface area contributed by atoms with Crippen LogP contribution in [0.3, 0.4) is 0 Å². The molecule has 1 saturated heterocycles. The molecule has 1 fully saturated rings. The van der Waals surface area contributed by atoms with E-state index < -0.39 is 0 Å². The molecule has 0 spiro atoms. The molecular weight excluding hydrogens is 237 g/mol. The lowest BCUT2D eigenvalue weighted by Crippen LogP contribution is -2.27. The van der Waals surface area contributed by atoms with Gasteiger partial charge in [-0.25, -0.2) is 4.39 Å². The van der Waals surface area contributed by atoms with Crippen molar-refractivity contribution in [3.05, 3.63) is 35.6 Å². The highest BCUT2D eigenvalue weighted by Gasteiger charge is 2.22. The highest BCUT2D eigenvalue weighted by atomic mass is 19.1. The predicted octanol–water partition coefficient (Wildman–Crippen LogP) is 4.62. The van der Waals surface area contributed by atoms with Crippen molar-refractivity contribution < 1.29 is 4.39 Å². The van der Waals surface area contributed by atoms with E-state index in [1.807, 2.05) is 26.0 Å². The fraction of sp³-hybridized carbons (Fsp3) is 0.647. The summed E-state index contributed by atoms with van der Waals surface area (Å²) in [5, 5.41) is 0. The van der Waals surface area contributed by atoms with E-state index in [0.717, 1.165) is 13.0 Å². The van der Waals surface area contributed by atoms with E-state index >= 15 is 0 Å². The van der Waals surface area contributed by atoms with E-state index in [2.05, 4.69) is 18.7 Å². The third-order valence-corrected chi connectivity index (χ3v) is 3.88. The van der Waals surface area contributed by atoms with Crippen LogP contribution in [0.1, 0.15) is 52.5 Å². The zero-order valence-corrected chi connectivity index (χ0v) is 12.9. The van der Waals surface area contributed by atoms with Gasteiger partial charge in [0, 0.05) is 0 Å². The Kier molecular flexibility index (Phi) is 6.50. The SMILES string of the molecule is CC.CC(C)(CCN1CCCC1)c1ccc(F)cc1. The lowest BCUT2D eigenvalue weighted by Gasteiger charge is -2.28. The molecule has 1 aromatic carbocycles. The van der Waals surface area contributed by atoms with Crippen molar-refractivity contribution >= 4 is 0 Å². The second-order valence-electron chi connectivity index (χ2n) is 5.69. The van der Waals surface area contributed by atoms with E-state index in [1.54, 1.807) is 12.1 Å². The lowest BCUT2D eigenvalue weighted by molar-refractivity contribution is 0.297. The molecule has 1 aliphatic heterocycles. The molecule has 0 bridgehead atoms. The van der Waals surface area contributed by atoms with Gasteiger partial charge in [0.05, 0.1) is 0 Å². The van der Waals surface area contributed by atoms with Gasteiger partial charge in [-0.3, -0.25) is 0 Å². The number of rotatable bonds is 4. The largest absolute Gasteiger partial charge is 0.303 e. The molecule has 108 valence electrons. The van der Waals surface area contributed by atoms with Crippen molar-refractivity contribution in [2.24, 2.45) is 0 Å². The van der Waals surface area contributed by atoms with Gasteiger partial charge in [-0.1, -0.05) is 39.8 Å². The fourth-order valence-corrected chi connectivity index (χ4v) is 2.49. The summed E-state index contributed by atoms with van der Waals surface area (Å²) in [5.41, 5.74) is 1.37. The molecule has 1 aromatic rings. The van der Waals surface area contributed by atoms with E-state index in [4.69, 9.17) is 0 Å². The molecule has 0 saturated carbocycles. The minimum Gasteiger partial charge on any atom is -0.303 e. The Bertz CT molecular complexity index is 350. The third kappa shape index (κ3) is 4.94. The van der Waals surface area contributed by atoms with Crippen LogP contribution in [0, 0.1) is 5.82 Å². The molecule has 0 N–H and O–H groups in total. The monoisotopic (exact) mass is 265 g/mol. The maximum Gasteiger partial charge on any atom is 0.123 e. The van der Waals surface area contributed by atoms with E-state index in [9.17, 15) is 4.39 Å².